The summed E-state index contributed by atoms with van der Waals surface area (Å²) in [5, 5.41) is 3.98. The fourth-order valence-electron chi connectivity index (χ4n) is 4.04. The third-order valence-electron chi connectivity index (χ3n) is 6.21. The van der Waals surface area contributed by atoms with Crippen LogP contribution < -0.4 is 9.64 Å². The molecule has 0 saturated carbocycles. The van der Waals surface area contributed by atoms with Gasteiger partial charge < -0.3 is 14.2 Å². The van der Waals surface area contributed by atoms with Gasteiger partial charge in [0.2, 0.25) is 0 Å². The topological polar surface area (TPSA) is 63.8 Å². The average molecular weight is 519 g/mol. The standard InChI is InChI=1S/C27H30F4N4O2/c1-15(2)26-33-27(37-34-26)35-7-5-17(6-8-35)14-36-25-23(30)11-19(12-24(25)31)18-9-21(28)20(22(29)10-18)13-32-16(3)4/h9-13,15-17H,5-8,14H2,1-4H3. The molecule has 0 unspecified atom stereocenters. The Labute approximate surface area is 213 Å². The highest BCUT2D eigenvalue weighted by Crippen LogP contribution is 2.32. The van der Waals surface area contributed by atoms with Crippen LogP contribution in [0.4, 0.5) is 23.6 Å². The van der Waals surface area contributed by atoms with E-state index in [9.17, 15) is 17.6 Å². The number of rotatable bonds is 8. The summed E-state index contributed by atoms with van der Waals surface area (Å²) in [6.07, 6.45) is 2.57. The van der Waals surface area contributed by atoms with E-state index in [1.54, 1.807) is 13.8 Å². The van der Waals surface area contributed by atoms with Crippen LogP contribution >= 0.6 is 0 Å². The fourth-order valence-corrected chi connectivity index (χ4v) is 4.04. The Hall–Kier alpha value is -3.43. The minimum Gasteiger partial charge on any atom is -0.487 e. The maximum absolute atomic E-state index is 14.8. The molecule has 1 saturated heterocycles. The van der Waals surface area contributed by atoms with Crippen LogP contribution in [0.2, 0.25) is 0 Å². The van der Waals surface area contributed by atoms with Crippen molar-refractivity contribution in [3.8, 4) is 16.9 Å². The van der Waals surface area contributed by atoms with Gasteiger partial charge in [0.05, 0.1) is 12.2 Å². The van der Waals surface area contributed by atoms with Crippen molar-refractivity contribution in [2.24, 2.45) is 10.9 Å². The Bertz CT molecular complexity index is 1220. The van der Waals surface area contributed by atoms with Gasteiger partial charge in [-0.05, 0) is 68.0 Å². The first-order valence-electron chi connectivity index (χ1n) is 12.3. The summed E-state index contributed by atoms with van der Waals surface area (Å²) in [5.74, 6) is -3.22. The van der Waals surface area contributed by atoms with E-state index in [1.165, 1.54) is 0 Å². The maximum atomic E-state index is 14.8. The van der Waals surface area contributed by atoms with Crippen molar-refractivity contribution >= 4 is 12.2 Å². The lowest BCUT2D eigenvalue weighted by atomic mass is 9.98. The number of ether oxygens (including phenoxy) is 1. The first kappa shape index (κ1) is 26.6. The zero-order chi connectivity index (χ0) is 26.7. The average Bonchev–Trinajstić information content (AvgIpc) is 3.34. The summed E-state index contributed by atoms with van der Waals surface area (Å²) >= 11 is 0. The molecule has 0 bridgehead atoms. The SMILES string of the molecule is CC(C)N=Cc1c(F)cc(-c2cc(F)c(OCC3CCN(c4nc(C(C)C)no4)CC3)c(F)c2)cc1F. The molecule has 2 aromatic carbocycles. The summed E-state index contributed by atoms with van der Waals surface area (Å²) in [6, 6.07) is 4.42. The Morgan fingerprint density at radius 1 is 0.973 bits per heavy atom. The Morgan fingerprint density at radius 3 is 2.05 bits per heavy atom. The van der Waals surface area contributed by atoms with E-state index in [0.717, 1.165) is 43.3 Å². The van der Waals surface area contributed by atoms with Crippen molar-refractivity contribution < 1.29 is 26.8 Å². The van der Waals surface area contributed by atoms with Crippen molar-refractivity contribution in [3.05, 3.63) is 58.9 Å². The van der Waals surface area contributed by atoms with Gasteiger partial charge in [-0.3, -0.25) is 4.99 Å². The van der Waals surface area contributed by atoms with Crippen LogP contribution in [-0.4, -0.2) is 42.1 Å². The molecule has 1 fully saturated rings. The summed E-state index contributed by atoms with van der Waals surface area (Å²) in [6.45, 7) is 8.97. The number of piperidine rings is 1. The molecule has 0 aliphatic carbocycles. The van der Waals surface area contributed by atoms with Gasteiger partial charge in [0, 0.05) is 31.3 Å². The normalized spacial score (nSPS) is 14.9. The van der Waals surface area contributed by atoms with Crippen LogP contribution in [0.25, 0.3) is 11.1 Å². The monoisotopic (exact) mass is 518 g/mol. The molecule has 198 valence electrons. The van der Waals surface area contributed by atoms with E-state index < -0.39 is 29.0 Å². The second-order valence-corrected chi connectivity index (χ2v) is 9.83. The summed E-state index contributed by atoms with van der Waals surface area (Å²) in [5.41, 5.74) is -0.292. The Kier molecular flexibility index (Phi) is 8.14. The number of aromatic nitrogens is 2. The largest absolute Gasteiger partial charge is 0.487 e. The molecule has 4 rings (SSSR count). The van der Waals surface area contributed by atoms with Crippen LogP contribution in [0.3, 0.4) is 0 Å². The van der Waals surface area contributed by atoms with Gasteiger partial charge >= 0.3 is 6.01 Å². The summed E-state index contributed by atoms with van der Waals surface area (Å²) < 4.78 is 69.3. The lowest BCUT2D eigenvalue weighted by Gasteiger charge is -2.30. The van der Waals surface area contributed by atoms with Gasteiger partial charge in [0.1, 0.15) is 11.6 Å². The number of benzene rings is 2. The molecule has 2 heterocycles. The third-order valence-corrected chi connectivity index (χ3v) is 6.21. The van der Waals surface area contributed by atoms with Crippen molar-refractivity contribution in [1.82, 2.24) is 10.1 Å². The molecule has 1 aromatic heterocycles. The Balaban J connectivity index is 1.39. The smallest absolute Gasteiger partial charge is 0.324 e. The number of hydrogen-bond acceptors (Lipinski definition) is 6. The van der Waals surface area contributed by atoms with E-state index in [4.69, 9.17) is 9.26 Å². The van der Waals surface area contributed by atoms with Crippen molar-refractivity contribution in [3.63, 3.8) is 0 Å². The fraction of sp³-hybridized carbons (Fsp3) is 0.444. The molecular formula is C27H30F4N4O2. The number of aliphatic imine (C=N–C) groups is 1. The van der Waals surface area contributed by atoms with Crippen LogP contribution in [0, 0.1) is 29.2 Å². The van der Waals surface area contributed by atoms with Crippen LogP contribution in [0.5, 0.6) is 5.75 Å². The second-order valence-electron chi connectivity index (χ2n) is 9.83. The van der Waals surface area contributed by atoms with E-state index in [2.05, 4.69) is 15.1 Å². The van der Waals surface area contributed by atoms with Crippen molar-refractivity contribution in [1.29, 1.82) is 0 Å². The molecule has 0 radical (unpaired) electrons. The van der Waals surface area contributed by atoms with Crippen LogP contribution in [-0.2, 0) is 0 Å². The lowest BCUT2D eigenvalue weighted by Crippen LogP contribution is -2.35. The van der Waals surface area contributed by atoms with Gasteiger partial charge in [-0.1, -0.05) is 19.0 Å². The molecular weight excluding hydrogens is 488 g/mol. The van der Waals surface area contributed by atoms with Gasteiger partial charge in [0.25, 0.3) is 0 Å². The van der Waals surface area contributed by atoms with Gasteiger partial charge in [-0.2, -0.15) is 4.98 Å². The van der Waals surface area contributed by atoms with E-state index in [1.807, 2.05) is 18.7 Å². The van der Waals surface area contributed by atoms with Crippen LogP contribution in [0.15, 0.2) is 33.8 Å². The quantitative estimate of drug-likeness (QED) is 0.250. The van der Waals surface area contributed by atoms with E-state index in [-0.39, 0.29) is 41.2 Å². The lowest BCUT2D eigenvalue weighted by molar-refractivity contribution is 0.205. The predicted molar refractivity (Wildman–Crippen MR) is 133 cm³/mol. The number of hydrogen-bond donors (Lipinski definition) is 0. The number of anilines is 1. The summed E-state index contributed by atoms with van der Waals surface area (Å²) in [7, 11) is 0. The van der Waals surface area contributed by atoms with E-state index >= 15 is 0 Å². The predicted octanol–water partition coefficient (Wildman–Crippen LogP) is 6.54. The second kappa shape index (κ2) is 11.3. The molecule has 0 atom stereocenters. The maximum Gasteiger partial charge on any atom is 0.324 e. The van der Waals surface area contributed by atoms with Crippen LogP contribution in [0.1, 0.15) is 57.8 Å². The highest BCUT2D eigenvalue weighted by atomic mass is 19.1. The number of halogens is 4. The molecule has 37 heavy (non-hydrogen) atoms. The Morgan fingerprint density at radius 2 is 1.54 bits per heavy atom. The highest BCUT2D eigenvalue weighted by Gasteiger charge is 2.25. The molecule has 0 spiro atoms. The summed E-state index contributed by atoms with van der Waals surface area (Å²) in [4.78, 5) is 10.4. The van der Waals surface area contributed by atoms with Crippen molar-refractivity contribution in [2.45, 2.75) is 52.5 Å². The first-order chi connectivity index (χ1) is 17.6. The first-order valence-corrected chi connectivity index (χ1v) is 12.3. The molecule has 0 amide bonds. The molecule has 6 nitrogen and oxygen atoms in total. The van der Waals surface area contributed by atoms with Gasteiger partial charge in [-0.25, -0.2) is 17.6 Å². The molecule has 3 aromatic rings. The third kappa shape index (κ3) is 6.29. The minimum atomic E-state index is -0.939. The molecule has 1 aliphatic heterocycles. The van der Waals surface area contributed by atoms with E-state index in [0.29, 0.717) is 24.9 Å². The van der Waals surface area contributed by atoms with Gasteiger partial charge in [-0.15, -0.1) is 0 Å². The molecule has 1 aliphatic rings. The number of nitrogens with zero attached hydrogens (tertiary/aromatic N) is 4. The molecule has 0 N–H and O–H groups in total. The zero-order valence-corrected chi connectivity index (χ0v) is 21.3. The van der Waals surface area contributed by atoms with Crippen molar-refractivity contribution in [2.75, 3.05) is 24.6 Å². The highest BCUT2D eigenvalue weighted by molar-refractivity contribution is 5.82. The minimum absolute atomic E-state index is 0.00105. The molecule has 10 heteroatoms. The van der Waals surface area contributed by atoms with Gasteiger partial charge in [0.15, 0.2) is 23.2 Å². The zero-order valence-electron chi connectivity index (χ0n) is 21.3.